The van der Waals surface area contributed by atoms with E-state index in [1.54, 1.807) is 6.20 Å². The molecule has 112 valence electrons. The lowest BCUT2D eigenvalue weighted by atomic mass is 9.84. The van der Waals surface area contributed by atoms with Crippen LogP contribution < -0.4 is 10.6 Å². The maximum absolute atomic E-state index is 5.88. The van der Waals surface area contributed by atoms with Crippen molar-refractivity contribution in [2.24, 2.45) is 7.05 Å². The third-order valence-corrected chi connectivity index (χ3v) is 5.32. The molecule has 0 saturated carbocycles. The fourth-order valence-electron chi connectivity index (χ4n) is 4.26. The van der Waals surface area contributed by atoms with Crippen LogP contribution in [0.5, 0.6) is 0 Å². The van der Waals surface area contributed by atoms with E-state index in [9.17, 15) is 0 Å². The van der Waals surface area contributed by atoms with Crippen molar-refractivity contribution in [3.8, 4) is 11.1 Å². The number of benzene rings is 1. The van der Waals surface area contributed by atoms with E-state index < -0.39 is 0 Å². The zero-order valence-electron chi connectivity index (χ0n) is 12.5. The Balaban J connectivity index is 1.80. The lowest BCUT2D eigenvalue weighted by Gasteiger charge is -2.41. The fourth-order valence-corrected chi connectivity index (χ4v) is 4.26. The molecule has 2 aromatic heterocycles. The molecule has 5 heteroatoms. The fraction of sp³-hybridized carbons (Fsp3) is 0.353. The smallest absolute Gasteiger partial charge is 0.229 e. The van der Waals surface area contributed by atoms with Gasteiger partial charge < -0.3 is 19.7 Å². The molecule has 0 amide bonds. The molecule has 0 aliphatic carbocycles. The van der Waals surface area contributed by atoms with Gasteiger partial charge in [0, 0.05) is 36.6 Å². The van der Waals surface area contributed by atoms with Crippen molar-refractivity contribution in [2.75, 3.05) is 23.7 Å². The van der Waals surface area contributed by atoms with Crippen LogP contribution in [0.3, 0.4) is 0 Å². The SMILES string of the molecule is Cn1c2c(c3cc(-c4cnoc4N)ccc31)C1CCN2CC1. The van der Waals surface area contributed by atoms with Crippen molar-refractivity contribution in [3.05, 3.63) is 30.0 Å². The molecule has 3 aliphatic heterocycles. The standard InChI is InChI=1S/C17H18N4O/c1-20-14-3-2-11(13-9-19-22-16(13)18)8-12(14)15-10-4-6-21(7-5-10)17(15)20/h2-3,8-10H,4-7,18H2,1H3. The molecule has 1 aromatic carbocycles. The van der Waals surface area contributed by atoms with Gasteiger partial charge in [-0.3, -0.25) is 0 Å². The Labute approximate surface area is 128 Å². The van der Waals surface area contributed by atoms with Crippen LogP contribution in [0.1, 0.15) is 24.3 Å². The average Bonchev–Trinajstić information content (AvgIpc) is 3.12. The summed E-state index contributed by atoms with van der Waals surface area (Å²) in [6, 6.07) is 6.54. The summed E-state index contributed by atoms with van der Waals surface area (Å²) >= 11 is 0. The largest absolute Gasteiger partial charge is 0.367 e. The molecule has 0 spiro atoms. The maximum atomic E-state index is 5.88. The maximum Gasteiger partial charge on any atom is 0.229 e. The number of nitrogens with zero attached hydrogens (tertiary/aromatic N) is 3. The molecule has 2 bridgehead atoms. The Morgan fingerprint density at radius 2 is 2.09 bits per heavy atom. The van der Waals surface area contributed by atoms with Gasteiger partial charge >= 0.3 is 0 Å². The molecule has 3 aromatic rings. The first-order chi connectivity index (χ1) is 10.7. The van der Waals surface area contributed by atoms with Crippen LogP contribution in [0.4, 0.5) is 11.7 Å². The second-order valence-electron chi connectivity index (χ2n) is 6.39. The van der Waals surface area contributed by atoms with Gasteiger partial charge in [-0.1, -0.05) is 11.2 Å². The Morgan fingerprint density at radius 1 is 1.27 bits per heavy atom. The Bertz CT molecular complexity index is 884. The zero-order valence-corrected chi connectivity index (χ0v) is 12.5. The molecule has 0 atom stereocenters. The number of hydrogen-bond donors (Lipinski definition) is 1. The molecule has 3 aliphatic rings. The first-order valence-electron chi connectivity index (χ1n) is 7.82. The predicted octanol–water partition coefficient (Wildman–Crippen LogP) is 3.11. The summed E-state index contributed by atoms with van der Waals surface area (Å²) in [5.74, 6) is 2.49. The van der Waals surface area contributed by atoms with Crippen molar-refractivity contribution in [1.29, 1.82) is 0 Å². The van der Waals surface area contributed by atoms with Crippen LogP contribution in [0.25, 0.3) is 22.0 Å². The van der Waals surface area contributed by atoms with Crippen molar-refractivity contribution in [2.45, 2.75) is 18.8 Å². The summed E-state index contributed by atoms with van der Waals surface area (Å²) in [6.45, 7) is 2.38. The number of aryl methyl sites for hydroxylation is 1. The summed E-state index contributed by atoms with van der Waals surface area (Å²) in [7, 11) is 2.18. The van der Waals surface area contributed by atoms with Crippen LogP contribution >= 0.6 is 0 Å². The summed E-state index contributed by atoms with van der Waals surface area (Å²) in [5, 5.41) is 5.15. The van der Waals surface area contributed by atoms with Crippen molar-refractivity contribution in [1.82, 2.24) is 9.72 Å². The molecule has 6 rings (SSSR count). The molecule has 1 fully saturated rings. The van der Waals surface area contributed by atoms with Crippen LogP contribution in [0, 0.1) is 0 Å². The van der Waals surface area contributed by atoms with Gasteiger partial charge in [-0.25, -0.2) is 0 Å². The van der Waals surface area contributed by atoms with E-state index in [-0.39, 0.29) is 0 Å². The first kappa shape index (κ1) is 12.1. The van der Waals surface area contributed by atoms with E-state index in [0.29, 0.717) is 11.8 Å². The molecular weight excluding hydrogens is 276 g/mol. The topological polar surface area (TPSA) is 60.2 Å². The minimum absolute atomic E-state index is 0.384. The highest BCUT2D eigenvalue weighted by Crippen LogP contribution is 2.48. The summed E-state index contributed by atoms with van der Waals surface area (Å²) in [6.07, 6.45) is 4.24. The summed E-state index contributed by atoms with van der Waals surface area (Å²) in [4.78, 5) is 2.53. The van der Waals surface area contributed by atoms with E-state index >= 15 is 0 Å². The first-order valence-corrected chi connectivity index (χ1v) is 7.82. The highest BCUT2D eigenvalue weighted by atomic mass is 16.5. The third kappa shape index (κ3) is 1.41. The minimum atomic E-state index is 0.384. The van der Waals surface area contributed by atoms with E-state index in [1.807, 2.05) is 0 Å². The highest BCUT2D eigenvalue weighted by molar-refractivity contribution is 5.95. The molecule has 22 heavy (non-hydrogen) atoms. The van der Waals surface area contributed by atoms with E-state index in [1.165, 1.54) is 48.2 Å². The number of aromatic nitrogens is 2. The van der Waals surface area contributed by atoms with E-state index in [0.717, 1.165) is 11.1 Å². The van der Waals surface area contributed by atoms with Crippen molar-refractivity contribution in [3.63, 3.8) is 0 Å². The number of anilines is 2. The van der Waals surface area contributed by atoms with Gasteiger partial charge in [0.25, 0.3) is 0 Å². The third-order valence-electron chi connectivity index (χ3n) is 5.32. The van der Waals surface area contributed by atoms with Crippen LogP contribution in [0.15, 0.2) is 28.9 Å². The summed E-state index contributed by atoms with van der Waals surface area (Å²) in [5.41, 5.74) is 10.6. The predicted molar refractivity (Wildman–Crippen MR) is 87.0 cm³/mol. The molecule has 0 radical (unpaired) electrons. The molecule has 2 N–H and O–H groups in total. The van der Waals surface area contributed by atoms with Crippen molar-refractivity contribution >= 4 is 22.6 Å². The number of piperidine rings is 1. The quantitative estimate of drug-likeness (QED) is 0.749. The molecule has 5 nitrogen and oxygen atoms in total. The Hall–Kier alpha value is -2.43. The van der Waals surface area contributed by atoms with Gasteiger partial charge in [0.1, 0.15) is 5.82 Å². The van der Waals surface area contributed by atoms with Crippen LogP contribution in [-0.4, -0.2) is 22.8 Å². The molecule has 5 heterocycles. The number of nitrogens with two attached hydrogens (primary N) is 1. The zero-order chi connectivity index (χ0) is 14.8. The van der Waals surface area contributed by atoms with Gasteiger partial charge in [0.15, 0.2) is 0 Å². The van der Waals surface area contributed by atoms with Crippen LogP contribution in [-0.2, 0) is 7.05 Å². The highest BCUT2D eigenvalue weighted by Gasteiger charge is 2.35. The second kappa shape index (κ2) is 4.06. The van der Waals surface area contributed by atoms with Gasteiger partial charge in [-0.15, -0.1) is 0 Å². The number of nitrogen functional groups attached to an aromatic ring is 1. The van der Waals surface area contributed by atoms with Crippen molar-refractivity contribution < 1.29 is 4.52 Å². The normalized spacial score (nSPS) is 17.4. The minimum Gasteiger partial charge on any atom is -0.367 e. The molecule has 1 saturated heterocycles. The van der Waals surface area contributed by atoms with Crippen LogP contribution in [0.2, 0.25) is 0 Å². The molecular formula is C17H18N4O. The van der Waals surface area contributed by atoms with Gasteiger partial charge in [0.05, 0.1) is 11.8 Å². The lowest BCUT2D eigenvalue weighted by Crippen LogP contribution is -2.39. The number of hydrogen-bond acceptors (Lipinski definition) is 4. The average molecular weight is 294 g/mol. The monoisotopic (exact) mass is 294 g/mol. The number of fused-ring (bicyclic) bond motifs is 3. The van der Waals surface area contributed by atoms with Gasteiger partial charge in [-0.05, 0) is 36.5 Å². The Kier molecular flexibility index (Phi) is 2.24. The van der Waals surface area contributed by atoms with Gasteiger partial charge in [0.2, 0.25) is 5.88 Å². The van der Waals surface area contributed by atoms with Gasteiger partial charge in [-0.2, -0.15) is 0 Å². The summed E-state index contributed by atoms with van der Waals surface area (Å²) < 4.78 is 7.36. The molecule has 0 unspecified atom stereocenters. The van der Waals surface area contributed by atoms with E-state index in [4.69, 9.17) is 10.3 Å². The lowest BCUT2D eigenvalue weighted by molar-refractivity contribution is 0.436. The second-order valence-corrected chi connectivity index (χ2v) is 6.39. The number of rotatable bonds is 1. The Morgan fingerprint density at radius 3 is 2.82 bits per heavy atom. The van der Waals surface area contributed by atoms with E-state index in [2.05, 4.69) is 39.9 Å².